The van der Waals surface area contributed by atoms with Crippen molar-refractivity contribution in [2.75, 3.05) is 13.1 Å². The van der Waals surface area contributed by atoms with Gasteiger partial charge in [-0.25, -0.2) is 0 Å². The minimum Gasteiger partial charge on any atom is -0.317 e. The summed E-state index contributed by atoms with van der Waals surface area (Å²) in [5.41, 5.74) is 0. The van der Waals surface area contributed by atoms with Crippen LogP contribution in [0, 0.1) is 5.92 Å². The molecule has 0 aromatic carbocycles. The van der Waals surface area contributed by atoms with Crippen LogP contribution in [0.25, 0.3) is 0 Å². The number of Topliss-reactive ketones (excluding diaryl/α,β-unsaturated/α-hetero) is 2. The van der Waals surface area contributed by atoms with E-state index in [1.165, 1.54) is 0 Å². The number of piperidine rings is 1. The fourth-order valence-electron chi connectivity index (χ4n) is 2.72. The zero-order valence-corrected chi connectivity index (χ0v) is 13.7. The molecule has 0 atom stereocenters. The van der Waals surface area contributed by atoms with Crippen LogP contribution in [0.2, 0.25) is 0 Å². The largest absolute Gasteiger partial charge is 0.317 e. The third-order valence-electron chi connectivity index (χ3n) is 3.87. The van der Waals surface area contributed by atoms with Gasteiger partial charge in [0.15, 0.2) is 11.6 Å². The first kappa shape index (κ1) is 16.8. The van der Waals surface area contributed by atoms with Crippen molar-refractivity contribution in [1.82, 2.24) is 5.32 Å². The van der Waals surface area contributed by atoms with Crippen molar-refractivity contribution >= 4 is 27.5 Å². The lowest BCUT2D eigenvalue weighted by atomic mass is 9.81. The Morgan fingerprint density at radius 2 is 1.58 bits per heavy atom. The number of carbonyl (C=O) groups excluding carboxylic acids is 2. The Morgan fingerprint density at radius 1 is 1.11 bits per heavy atom. The summed E-state index contributed by atoms with van der Waals surface area (Å²) in [7, 11) is 0. The summed E-state index contributed by atoms with van der Waals surface area (Å²) < 4.78 is -0.916. The quantitative estimate of drug-likeness (QED) is 0.548. The van der Waals surface area contributed by atoms with E-state index >= 15 is 0 Å². The molecule has 0 aromatic rings. The number of hydrogen-bond donors (Lipinski definition) is 1. The molecule has 1 heterocycles. The molecule has 0 radical (unpaired) electrons. The first-order chi connectivity index (χ1) is 9.04. The van der Waals surface area contributed by atoms with E-state index in [9.17, 15) is 9.59 Å². The average molecular weight is 332 g/mol. The molecule has 0 aliphatic carbocycles. The van der Waals surface area contributed by atoms with Gasteiger partial charge in [0.1, 0.15) is 4.32 Å². The zero-order chi connectivity index (χ0) is 14.3. The highest BCUT2D eigenvalue weighted by molar-refractivity contribution is 9.10. The first-order valence-corrected chi connectivity index (χ1v) is 8.30. The monoisotopic (exact) mass is 331 g/mol. The van der Waals surface area contributed by atoms with Crippen LogP contribution in [0.4, 0.5) is 0 Å². The molecule has 0 unspecified atom stereocenters. The predicted octanol–water partition coefficient (Wildman–Crippen LogP) is 3.25. The van der Waals surface area contributed by atoms with Gasteiger partial charge in [-0.05, 0) is 51.1 Å². The molecular weight excluding hydrogens is 306 g/mol. The number of rotatable bonds is 8. The van der Waals surface area contributed by atoms with Crippen LogP contribution in [0.5, 0.6) is 0 Å². The fourth-order valence-corrected chi connectivity index (χ4v) is 3.57. The van der Waals surface area contributed by atoms with Crippen molar-refractivity contribution in [3.63, 3.8) is 0 Å². The first-order valence-electron chi connectivity index (χ1n) is 7.50. The van der Waals surface area contributed by atoms with Crippen LogP contribution in [0.1, 0.15) is 58.8 Å². The number of alkyl halides is 1. The Labute approximate surface area is 125 Å². The summed E-state index contributed by atoms with van der Waals surface area (Å²) in [5, 5.41) is 3.32. The highest BCUT2D eigenvalue weighted by atomic mass is 79.9. The van der Waals surface area contributed by atoms with Crippen LogP contribution < -0.4 is 5.32 Å². The Balaban J connectivity index is 2.77. The summed E-state index contributed by atoms with van der Waals surface area (Å²) in [6.07, 6.45) is 5.39. The number of carbonyl (C=O) groups is 2. The molecule has 0 aromatic heterocycles. The smallest absolute Gasteiger partial charge is 0.157 e. The molecule has 110 valence electrons. The van der Waals surface area contributed by atoms with E-state index < -0.39 is 4.32 Å². The van der Waals surface area contributed by atoms with E-state index in [0.717, 1.165) is 38.8 Å². The molecular formula is C15H26BrNO2. The van der Waals surface area contributed by atoms with Crippen molar-refractivity contribution in [3.8, 4) is 0 Å². The van der Waals surface area contributed by atoms with Crippen LogP contribution in [0.3, 0.4) is 0 Å². The fraction of sp³-hybridized carbons (Fsp3) is 0.867. The van der Waals surface area contributed by atoms with Gasteiger partial charge in [-0.2, -0.15) is 0 Å². The van der Waals surface area contributed by atoms with E-state index in [4.69, 9.17) is 0 Å². The Hall–Kier alpha value is -0.220. The lowest BCUT2D eigenvalue weighted by molar-refractivity contribution is -0.131. The van der Waals surface area contributed by atoms with Gasteiger partial charge in [-0.3, -0.25) is 9.59 Å². The number of ketones is 2. The summed E-state index contributed by atoms with van der Waals surface area (Å²) in [4.78, 5) is 24.7. The van der Waals surface area contributed by atoms with Crippen LogP contribution in [-0.2, 0) is 9.59 Å². The van der Waals surface area contributed by atoms with Crippen molar-refractivity contribution in [1.29, 1.82) is 0 Å². The molecule has 0 bridgehead atoms. The van der Waals surface area contributed by atoms with Crippen LogP contribution in [0.15, 0.2) is 0 Å². The second-order valence-electron chi connectivity index (χ2n) is 5.55. The summed E-state index contributed by atoms with van der Waals surface area (Å²) in [5.74, 6) is 0.626. The standard InChI is InChI=1S/C15H26BrNO2/c1-3-5-13(18)15(16,14(19)6-4-2)11-12-7-9-17-10-8-12/h12,17H,3-11H2,1-2H3. The molecule has 1 aliphatic heterocycles. The third kappa shape index (κ3) is 4.67. The normalized spacial score (nSPS) is 17.4. The molecule has 4 heteroatoms. The van der Waals surface area contributed by atoms with E-state index in [1.54, 1.807) is 0 Å². The van der Waals surface area contributed by atoms with Gasteiger partial charge in [0.25, 0.3) is 0 Å². The van der Waals surface area contributed by atoms with E-state index in [-0.39, 0.29) is 11.6 Å². The zero-order valence-electron chi connectivity index (χ0n) is 12.1. The summed E-state index contributed by atoms with van der Waals surface area (Å²) in [6.45, 7) is 5.97. The second kappa shape index (κ2) is 8.15. The molecule has 19 heavy (non-hydrogen) atoms. The highest BCUT2D eigenvalue weighted by Crippen LogP contribution is 2.35. The number of nitrogens with one attached hydrogen (secondary N) is 1. The average Bonchev–Trinajstić information content (AvgIpc) is 2.40. The van der Waals surface area contributed by atoms with E-state index in [2.05, 4.69) is 21.2 Å². The SMILES string of the molecule is CCCC(=O)C(Br)(CC1CCNCC1)C(=O)CCC. The Bertz CT molecular complexity index is 293. The van der Waals surface area contributed by atoms with Gasteiger partial charge in [0.05, 0.1) is 0 Å². The molecule has 1 fully saturated rings. The lowest BCUT2D eigenvalue weighted by Gasteiger charge is -2.31. The van der Waals surface area contributed by atoms with Gasteiger partial charge in [0, 0.05) is 12.8 Å². The van der Waals surface area contributed by atoms with Crippen molar-refractivity contribution in [3.05, 3.63) is 0 Å². The maximum Gasteiger partial charge on any atom is 0.157 e. The van der Waals surface area contributed by atoms with Crippen molar-refractivity contribution < 1.29 is 9.59 Å². The van der Waals surface area contributed by atoms with E-state index in [1.807, 2.05) is 13.8 Å². The minimum absolute atomic E-state index is 0.0759. The predicted molar refractivity (Wildman–Crippen MR) is 81.7 cm³/mol. The van der Waals surface area contributed by atoms with Gasteiger partial charge in [0.2, 0.25) is 0 Å². The lowest BCUT2D eigenvalue weighted by Crippen LogP contribution is -2.44. The molecule has 1 rings (SSSR count). The highest BCUT2D eigenvalue weighted by Gasteiger charge is 2.42. The number of halogens is 1. The summed E-state index contributed by atoms with van der Waals surface area (Å²) >= 11 is 3.53. The topological polar surface area (TPSA) is 46.2 Å². The number of hydrogen-bond acceptors (Lipinski definition) is 3. The van der Waals surface area contributed by atoms with Crippen LogP contribution >= 0.6 is 15.9 Å². The van der Waals surface area contributed by atoms with Gasteiger partial charge in [-0.15, -0.1) is 0 Å². The molecule has 1 saturated heterocycles. The van der Waals surface area contributed by atoms with Gasteiger partial charge < -0.3 is 5.32 Å². The van der Waals surface area contributed by atoms with Crippen molar-refractivity contribution in [2.45, 2.75) is 63.1 Å². The van der Waals surface area contributed by atoms with Crippen LogP contribution in [-0.4, -0.2) is 29.0 Å². The molecule has 0 amide bonds. The maximum absolute atomic E-state index is 12.4. The molecule has 0 saturated carbocycles. The molecule has 0 spiro atoms. The Morgan fingerprint density at radius 3 is 2.00 bits per heavy atom. The van der Waals surface area contributed by atoms with Crippen molar-refractivity contribution in [2.24, 2.45) is 5.92 Å². The molecule has 1 N–H and O–H groups in total. The van der Waals surface area contributed by atoms with Gasteiger partial charge in [-0.1, -0.05) is 29.8 Å². The maximum atomic E-state index is 12.4. The van der Waals surface area contributed by atoms with E-state index in [0.29, 0.717) is 25.2 Å². The summed E-state index contributed by atoms with van der Waals surface area (Å²) in [6, 6.07) is 0. The second-order valence-corrected chi connectivity index (χ2v) is 6.90. The minimum atomic E-state index is -0.916. The molecule has 3 nitrogen and oxygen atoms in total. The van der Waals surface area contributed by atoms with Gasteiger partial charge >= 0.3 is 0 Å². The molecule has 1 aliphatic rings. The third-order valence-corrected chi connectivity index (χ3v) is 5.07. The Kier molecular flexibility index (Phi) is 7.22.